The quantitative estimate of drug-likeness (QED) is 0.929. The van der Waals surface area contributed by atoms with Crippen LogP contribution in [0.25, 0.3) is 0 Å². The Labute approximate surface area is 133 Å². The number of aromatic nitrogens is 2. The summed E-state index contributed by atoms with van der Waals surface area (Å²) in [6, 6.07) is 0. The topological polar surface area (TPSA) is 50.2 Å². The molecule has 5 heteroatoms. The minimum Gasteiger partial charge on any atom is -0.350 e. The predicted octanol–water partition coefficient (Wildman–Crippen LogP) is 2.34. The molecule has 122 valence electrons. The van der Waals surface area contributed by atoms with Crippen LogP contribution in [0.2, 0.25) is 0 Å². The van der Waals surface area contributed by atoms with E-state index in [1.165, 1.54) is 64.5 Å². The van der Waals surface area contributed by atoms with E-state index in [1.807, 2.05) is 7.05 Å². The first-order valence-corrected chi connectivity index (χ1v) is 8.72. The van der Waals surface area contributed by atoms with Crippen molar-refractivity contribution in [2.45, 2.75) is 56.9 Å². The first-order chi connectivity index (χ1) is 10.7. The lowest BCUT2D eigenvalue weighted by atomic mass is 9.79. The van der Waals surface area contributed by atoms with E-state index in [-0.39, 0.29) is 11.4 Å². The number of piperidine rings is 1. The van der Waals surface area contributed by atoms with Gasteiger partial charge in [-0.2, -0.15) is 5.10 Å². The van der Waals surface area contributed by atoms with E-state index in [0.29, 0.717) is 5.56 Å². The lowest BCUT2D eigenvalue weighted by molar-refractivity contribution is 0.0326. The summed E-state index contributed by atoms with van der Waals surface area (Å²) >= 11 is 0. The molecular formula is C17H28N4O. The zero-order valence-corrected chi connectivity index (χ0v) is 13.7. The van der Waals surface area contributed by atoms with E-state index in [4.69, 9.17) is 0 Å². The molecule has 0 atom stereocenters. The summed E-state index contributed by atoms with van der Waals surface area (Å²) < 4.78 is 1.68. The fourth-order valence-electron chi connectivity index (χ4n) is 4.07. The van der Waals surface area contributed by atoms with E-state index in [9.17, 15) is 4.79 Å². The molecule has 2 fully saturated rings. The summed E-state index contributed by atoms with van der Waals surface area (Å²) in [5.74, 6) is 0.00931. The highest BCUT2D eigenvalue weighted by Crippen LogP contribution is 2.35. The summed E-state index contributed by atoms with van der Waals surface area (Å²) in [5, 5.41) is 7.27. The van der Waals surface area contributed by atoms with Crippen molar-refractivity contribution in [1.29, 1.82) is 0 Å². The average Bonchev–Trinajstić information content (AvgIpc) is 3.01. The number of rotatable bonds is 4. The molecule has 1 saturated carbocycles. The molecular weight excluding hydrogens is 276 g/mol. The van der Waals surface area contributed by atoms with Gasteiger partial charge >= 0.3 is 0 Å². The molecule has 0 radical (unpaired) electrons. The molecule has 0 aromatic carbocycles. The molecule has 5 nitrogen and oxygen atoms in total. The van der Waals surface area contributed by atoms with Crippen molar-refractivity contribution < 1.29 is 4.79 Å². The smallest absolute Gasteiger partial charge is 0.254 e. The van der Waals surface area contributed by atoms with Gasteiger partial charge in [-0.1, -0.05) is 25.7 Å². The van der Waals surface area contributed by atoms with E-state index >= 15 is 0 Å². The second-order valence-corrected chi connectivity index (χ2v) is 6.92. The average molecular weight is 304 g/mol. The van der Waals surface area contributed by atoms with Crippen LogP contribution in [-0.4, -0.2) is 45.8 Å². The van der Waals surface area contributed by atoms with Gasteiger partial charge in [0.1, 0.15) is 0 Å². The summed E-state index contributed by atoms with van der Waals surface area (Å²) in [6.07, 6.45) is 13.8. The second kappa shape index (κ2) is 6.82. The molecule has 0 bridgehead atoms. The zero-order chi connectivity index (χ0) is 15.4. The minimum atomic E-state index is 0.00931. The zero-order valence-electron chi connectivity index (χ0n) is 13.7. The van der Waals surface area contributed by atoms with Crippen LogP contribution in [-0.2, 0) is 7.05 Å². The number of carbonyl (C=O) groups excluding carboxylic acids is 1. The van der Waals surface area contributed by atoms with Gasteiger partial charge in [0.2, 0.25) is 0 Å². The number of nitrogens with one attached hydrogen (secondary N) is 1. The Morgan fingerprint density at radius 3 is 2.50 bits per heavy atom. The maximum Gasteiger partial charge on any atom is 0.254 e. The highest BCUT2D eigenvalue weighted by molar-refractivity contribution is 5.93. The van der Waals surface area contributed by atoms with Gasteiger partial charge in [0.15, 0.2) is 0 Å². The molecule has 1 saturated heterocycles. The molecule has 1 aromatic rings. The third-order valence-electron chi connectivity index (χ3n) is 5.36. The molecule has 0 unspecified atom stereocenters. The molecule has 1 amide bonds. The Bertz CT molecular complexity index is 499. The van der Waals surface area contributed by atoms with Crippen molar-refractivity contribution in [3.05, 3.63) is 18.0 Å². The first kappa shape index (κ1) is 15.5. The van der Waals surface area contributed by atoms with Crippen molar-refractivity contribution in [1.82, 2.24) is 20.0 Å². The monoisotopic (exact) mass is 304 g/mol. The van der Waals surface area contributed by atoms with Gasteiger partial charge in [-0.3, -0.25) is 14.4 Å². The number of hydrogen-bond acceptors (Lipinski definition) is 3. The summed E-state index contributed by atoms with van der Waals surface area (Å²) in [6.45, 7) is 3.17. The Balaban J connectivity index is 1.66. The van der Waals surface area contributed by atoms with Crippen LogP contribution in [0.15, 0.2) is 12.4 Å². The Morgan fingerprint density at radius 1 is 1.18 bits per heavy atom. The molecule has 1 N–H and O–H groups in total. The van der Waals surface area contributed by atoms with Crippen molar-refractivity contribution in [3.8, 4) is 0 Å². The third-order valence-corrected chi connectivity index (χ3v) is 5.36. The fraction of sp³-hybridized carbons (Fsp3) is 0.765. The predicted molar refractivity (Wildman–Crippen MR) is 86.8 cm³/mol. The number of carbonyl (C=O) groups is 1. The summed E-state index contributed by atoms with van der Waals surface area (Å²) in [7, 11) is 1.84. The lowest BCUT2D eigenvalue weighted by Crippen LogP contribution is -2.58. The maximum absolute atomic E-state index is 12.3. The highest BCUT2D eigenvalue weighted by Gasteiger charge is 2.38. The van der Waals surface area contributed by atoms with E-state index < -0.39 is 0 Å². The molecule has 2 heterocycles. The first-order valence-electron chi connectivity index (χ1n) is 8.72. The van der Waals surface area contributed by atoms with Gasteiger partial charge in [0.05, 0.1) is 11.8 Å². The SMILES string of the molecule is Cn1cc(C(=O)NCC2(N3CCCCC3)CCCCC2)cn1. The fourth-order valence-corrected chi connectivity index (χ4v) is 4.07. The van der Waals surface area contributed by atoms with Gasteiger partial charge in [0, 0.05) is 25.3 Å². The lowest BCUT2D eigenvalue weighted by Gasteiger charge is -2.48. The van der Waals surface area contributed by atoms with Gasteiger partial charge in [-0.25, -0.2) is 0 Å². The molecule has 3 rings (SSSR count). The normalized spacial score (nSPS) is 22.4. The Morgan fingerprint density at radius 2 is 1.86 bits per heavy atom. The standard InChI is InChI=1S/C17H28N4O/c1-20-13-15(12-19-20)16(22)18-14-17(8-4-2-5-9-17)21-10-6-3-7-11-21/h12-13H,2-11,14H2,1H3,(H,18,22). The molecule has 1 aliphatic carbocycles. The van der Waals surface area contributed by atoms with Crippen LogP contribution in [0.5, 0.6) is 0 Å². The van der Waals surface area contributed by atoms with Crippen LogP contribution >= 0.6 is 0 Å². The summed E-state index contributed by atoms with van der Waals surface area (Å²) in [4.78, 5) is 15.0. The van der Waals surface area contributed by atoms with Crippen molar-refractivity contribution in [2.24, 2.45) is 7.05 Å². The van der Waals surface area contributed by atoms with E-state index in [2.05, 4.69) is 15.3 Å². The van der Waals surface area contributed by atoms with Crippen molar-refractivity contribution in [2.75, 3.05) is 19.6 Å². The van der Waals surface area contributed by atoms with Crippen LogP contribution in [0.3, 0.4) is 0 Å². The molecule has 0 spiro atoms. The van der Waals surface area contributed by atoms with Gasteiger partial charge < -0.3 is 5.32 Å². The van der Waals surface area contributed by atoms with Crippen LogP contribution in [0, 0.1) is 0 Å². The van der Waals surface area contributed by atoms with Crippen LogP contribution < -0.4 is 5.32 Å². The number of nitrogens with zero attached hydrogens (tertiary/aromatic N) is 3. The van der Waals surface area contributed by atoms with Gasteiger partial charge in [-0.05, 0) is 38.8 Å². The van der Waals surface area contributed by atoms with E-state index in [0.717, 1.165) is 6.54 Å². The largest absolute Gasteiger partial charge is 0.350 e. The number of hydrogen-bond donors (Lipinski definition) is 1. The minimum absolute atomic E-state index is 0.00931. The third kappa shape index (κ3) is 3.35. The van der Waals surface area contributed by atoms with Crippen LogP contribution in [0.1, 0.15) is 61.7 Å². The molecule has 22 heavy (non-hydrogen) atoms. The maximum atomic E-state index is 12.3. The van der Waals surface area contributed by atoms with Gasteiger partial charge in [0.25, 0.3) is 5.91 Å². The number of likely N-dealkylation sites (tertiary alicyclic amines) is 1. The molecule has 2 aliphatic rings. The van der Waals surface area contributed by atoms with E-state index in [1.54, 1.807) is 17.1 Å². The molecule has 1 aromatic heterocycles. The van der Waals surface area contributed by atoms with Crippen molar-refractivity contribution >= 4 is 5.91 Å². The second-order valence-electron chi connectivity index (χ2n) is 6.92. The number of aryl methyl sites for hydroxylation is 1. The molecule has 1 aliphatic heterocycles. The highest BCUT2D eigenvalue weighted by atomic mass is 16.1. The van der Waals surface area contributed by atoms with Crippen molar-refractivity contribution in [3.63, 3.8) is 0 Å². The summed E-state index contributed by atoms with van der Waals surface area (Å²) in [5.41, 5.74) is 0.850. The number of amides is 1. The Hall–Kier alpha value is -1.36. The van der Waals surface area contributed by atoms with Gasteiger partial charge in [-0.15, -0.1) is 0 Å². The Kier molecular flexibility index (Phi) is 4.81. The van der Waals surface area contributed by atoms with Crippen LogP contribution in [0.4, 0.5) is 0 Å².